The Hall–Kier alpha value is 0.0700. The van der Waals surface area contributed by atoms with Crippen LogP contribution in [0.4, 0.5) is 0 Å². The van der Waals surface area contributed by atoms with Crippen LogP contribution < -0.4 is 0 Å². The van der Waals surface area contributed by atoms with Crippen molar-refractivity contribution in [2.24, 2.45) is 0 Å². The Morgan fingerprint density at radius 2 is 1.50 bits per heavy atom. The summed E-state index contributed by atoms with van der Waals surface area (Å²) in [5.74, 6) is 0. The van der Waals surface area contributed by atoms with Gasteiger partial charge in [0, 0.05) is 23.4 Å². The fraction of sp³-hybridized carbons (Fsp3) is 1.00. The summed E-state index contributed by atoms with van der Waals surface area (Å²) < 4.78 is 23.7. The second-order valence-electron chi connectivity index (χ2n) is 3.85. The first kappa shape index (κ1) is 14.1. The molecule has 0 aromatic carbocycles. The predicted molar refractivity (Wildman–Crippen MR) is 59.5 cm³/mol. The van der Waals surface area contributed by atoms with Crippen LogP contribution >= 0.6 is 0 Å². The van der Waals surface area contributed by atoms with Gasteiger partial charge in [-0.15, -0.1) is 0 Å². The van der Waals surface area contributed by atoms with E-state index < -0.39 is 11.3 Å². The molecule has 3 atom stereocenters. The third kappa shape index (κ3) is 4.53. The van der Waals surface area contributed by atoms with Crippen molar-refractivity contribution >= 4 is 11.3 Å². The van der Waals surface area contributed by atoms with Gasteiger partial charge in [0.1, 0.15) is 0 Å². The van der Waals surface area contributed by atoms with Crippen LogP contribution in [0.1, 0.15) is 53.4 Å². The molecule has 86 valence electrons. The fourth-order valence-corrected chi connectivity index (χ4v) is 2.62. The molecule has 4 heteroatoms. The van der Waals surface area contributed by atoms with Gasteiger partial charge in [-0.25, -0.2) is 4.31 Å². The van der Waals surface area contributed by atoms with E-state index in [0.717, 1.165) is 25.7 Å². The summed E-state index contributed by atoms with van der Waals surface area (Å²) in [6.45, 7) is 8.11. The molecule has 0 aliphatic carbocycles. The minimum absolute atomic E-state index is 0.125. The second-order valence-corrected chi connectivity index (χ2v) is 4.71. The first-order valence-electron chi connectivity index (χ1n) is 5.42. The Kier molecular flexibility index (Phi) is 7.41. The van der Waals surface area contributed by atoms with Crippen molar-refractivity contribution < 1.29 is 8.76 Å². The molecule has 3 unspecified atom stereocenters. The molecule has 0 saturated carbocycles. The normalized spacial score (nSPS) is 18.1. The summed E-state index contributed by atoms with van der Waals surface area (Å²) >= 11 is -2.08. The highest BCUT2D eigenvalue weighted by atomic mass is 32.2. The molecule has 0 heterocycles. The highest BCUT2D eigenvalue weighted by Gasteiger charge is 2.19. The van der Waals surface area contributed by atoms with Gasteiger partial charge >= 0.3 is 0 Å². The molecule has 0 fully saturated rings. The van der Waals surface area contributed by atoms with Crippen LogP contribution in [0.3, 0.4) is 0 Å². The van der Waals surface area contributed by atoms with Crippen molar-refractivity contribution in [2.45, 2.75) is 65.5 Å². The van der Waals surface area contributed by atoms with E-state index >= 15 is 0 Å². The van der Waals surface area contributed by atoms with Crippen LogP contribution in [0.5, 0.6) is 0 Å². The van der Waals surface area contributed by atoms with E-state index in [2.05, 4.69) is 13.8 Å². The number of rotatable bonds is 7. The van der Waals surface area contributed by atoms with Crippen molar-refractivity contribution in [3.8, 4) is 0 Å². The van der Waals surface area contributed by atoms with Crippen LogP contribution in [0.25, 0.3) is 0 Å². The largest absolute Gasteiger partial charge is 0.760 e. The van der Waals surface area contributed by atoms with Gasteiger partial charge in [-0.2, -0.15) is 0 Å². The van der Waals surface area contributed by atoms with Crippen LogP contribution in [-0.2, 0) is 11.3 Å². The minimum Gasteiger partial charge on any atom is -0.760 e. The maximum atomic E-state index is 11.1. The third-order valence-corrected chi connectivity index (χ3v) is 3.52. The summed E-state index contributed by atoms with van der Waals surface area (Å²) in [6.07, 6.45) is 3.91. The lowest BCUT2D eigenvalue weighted by Crippen LogP contribution is -2.41. The summed E-state index contributed by atoms with van der Waals surface area (Å²) in [5.41, 5.74) is 0. The van der Waals surface area contributed by atoms with Crippen LogP contribution in [0.15, 0.2) is 0 Å². The molecule has 0 N–H and O–H groups in total. The average molecular weight is 220 g/mol. The predicted octanol–water partition coefficient (Wildman–Crippen LogP) is 2.46. The van der Waals surface area contributed by atoms with E-state index in [4.69, 9.17) is 0 Å². The molecule has 0 aliphatic rings. The monoisotopic (exact) mass is 220 g/mol. The van der Waals surface area contributed by atoms with E-state index in [-0.39, 0.29) is 12.1 Å². The highest BCUT2D eigenvalue weighted by molar-refractivity contribution is 7.76. The van der Waals surface area contributed by atoms with Gasteiger partial charge in [0.25, 0.3) is 0 Å². The Balaban J connectivity index is 4.33. The summed E-state index contributed by atoms with van der Waals surface area (Å²) in [7, 11) is 0. The summed E-state index contributed by atoms with van der Waals surface area (Å²) in [6, 6.07) is 0.250. The van der Waals surface area contributed by atoms with Crippen molar-refractivity contribution in [2.75, 3.05) is 0 Å². The van der Waals surface area contributed by atoms with Gasteiger partial charge in [-0.1, -0.05) is 26.7 Å². The van der Waals surface area contributed by atoms with Gasteiger partial charge in [0.15, 0.2) is 0 Å². The minimum atomic E-state index is -2.08. The molecule has 0 aliphatic heterocycles. The van der Waals surface area contributed by atoms with Crippen molar-refractivity contribution in [3.63, 3.8) is 0 Å². The molecule has 0 aromatic rings. The van der Waals surface area contributed by atoms with Crippen molar-refractivity contribution in [1.82, 2.24) is 4.31 Å². The second kappa shape index (κ2) is 7.37. The summed E-state index contributed by atoms with van der Waals surface area (Å²) in [4.78, 5) is 0. The maximum absolute atomic E-state index is 11.1. The zero-order chi connectivity index (χ0) is 11.1. The van der Waals surface area contributed by atoms with Crippen molar-refractivity contribution in [3.05, 3.63) is 0 Å². The zero-order valence-electron chi connectivity index (χ0n) is 9.66. The SMILES string of the molecule is CCCC(C)N(C(C)CCC)S(=O)[O-]. The lowest BCUT2D eigenvalue weighted by molar-refractivity contribution is 0.243. The van der Waals surface area contributed by atoms with Crippen LogP contribution in [0.2, 0.25) is 0 Å². The van der Waals surface area contributed by atoms with E-state index in [1.54, 1.807) is 4.31 Å². The molecule has 3 nitrogen and oxygen atoms in total. The average Bonchev–Trinajstić information content (AvgIpc) is 2.04. The number of nitrogens with zero attached hydrogens (tertiary/aromatic N) is 1. The highest BCUT2D eigenvalue weighted by Crippen LogP contribution is 2.15. The molecule has 14 heavy (non-hydrogen) atoms. The Morgan fingerprint density at radius 3 is 1.71 bits per heavy atom. The molecular weight excluding hydrogens is 198 g/mol. The Labute approximate surface area is 90.3 Å². The fourth-order valence-electron chi connectivity index (χ4n) is 1.82. The van der Waals surface area contributed by atoms with Crippen LogP contribution in [-0.4, -0.2) is 25.2 Å². The lowest BCUT2D eigenvalue weighted by atomic mass is 10.1. The number of hydrogen-bond donors (Lipinski definition) is 0. The smallest absolute Gasteiger partial charge is 0.0214 e. The van der Waals surface area contributed by atoms with E-state index in [1.807, 2.05) is 13.8 Å². The van der Waals surface area contributed by atoms with E-state index in [0.29, 0.717) is 0 Å². The van der Waals surface area contributed by atoms with Gasteiger partial charge in [0.2, 0.25) is 0 Å². The number of hydrogen-bond acceptors (Lipinski definition) is 2. The van der Waals surface area contributed by atoms with Crippen LogP contribution in [0, 0.1) is 0 Å². The van der Waals surface area contributed by atoms with Crippen molar-refractivity contribution in [1.29, 1.82) is 0 Å². The molecule has 0 rings (SSSR count). The Bertz CT molecular complexity index is 164. The molecule has 0 radical (unpaired) electrons. The van der Waals surface area contributed by atoms with E-state index in [9.17, 15) is 8.76 Å². The zero-order valence-corrected chi connectivity index (χ0v) is 10.5. The molecule has 0 aromatic heterocycles. The summed E-state index contributed by atoms with van der Waals surface area (Å²) in [5, 5.41) is 0. The first-order valence-corrected chi connectivity index (χ1v) is 6.45. The lowest BCUT2D eigenvalue weighted by Gasteiger charge is -2.35. The Morgan fingerprint density at radius 1 is 1.14 bits per heavy atom. The molecule has 0 amide bonds. The quantitative estimate of drug-likeness (QED) is 0.619. The standard InChI is InChI=1S/C10H23NO2S/c1-5-7-9(3)11(14(12)13)10(4)8-6-2/h9-10H,5-8H2,1-4H3,(H,12,13)/p-1. The topological polar surface area (TPSA) is 43.4 Å². The third-order valence-electron chi connectivity index (χ3n) is 2.45. The molecule has 0 bridgehead atoms. The maximum Gasteiger partial charge on any atom is 0.0214 e. The first-order chi connectivity index (χ1) is 6.54. The van der Waals surface area contributed by atoms with Gasteiger partial charge in [-0.05, 0) is 26.7 Å². The van der Waals surface area contributed by atoms with Gasteiger partial charge < -0.3 is 4.55 Å². The molecule has 0 spiro atoms. The van der Waals surface area contributed by atoms with Gasteiger partial charge in [-0.3, -0.25) is 4.21 Å². The van der Waals surface area contributed by atoms with Gasteiger partial charge in [0.05, 0.1) is 0 Å². The molecule has 0 saturated heterocycles. The molecular formula is C10H22NO2S-. The van der Waals surface area contributed by atoms with E-state index in [1.165, 1.54) is 0 Å².